The summed E-state index contributed by atoms with van der Waals surface area (Å²) in [4.78, 5) is 16.5. The zero-order valence-corrected chi connectivity index (χ0v) is 15.6. The van der Waals surface area contributed by atoms with Crippen molar-refractivity contribution >= 4 is 22.9 Å². The molecule has 0 atom stereocenters. The van der Waals surface area contributed by atoms with Crippen molar-refractivity contribution in [2.24, 2.45) is 0 Å². The second-order valence-electron chi connectivity index (χ2n) is 6.13. The van der Waals surface area contributed by atoms with E-state index in [1.807, 2.05) is 54.9 Å². The third-order valence-corrected chi connectivity index (χ3v) is 4.29. The zero-order chi connectivity index (χ0) is 18.4. The maximum absolute atomic E-state index is 12.2. The number of rotatable bonds is 8. The van der Waals surface area contributed by atoms with E-state index >= 15 is 0 Å². The number of hydrogen-bond acceptors (Lipinski definition) is 6. The van der Waals surface area contributed by atoms with E-state index < -0.39 is 0 Å². The number of amides is 1. The average molecular weight is 371 g/mol. The topological polar surface area (TPSA) is 77.2 Å². The second kappa shape index (κ2) is 8.73. The first-order valence-corrected chi connectivity index (χ1v) is 9.40. The number of nitrogens with one attached hydrogen (secondary N) is 1. The van der Waals surface area contributed by atoms with Crippen LogP contribution in [0.25, 0.3) is 11.4 Å². The van der Waals surface area contributed by atoms with Gasteiger partial charge in [-0.1, -0.05) is 17.3 Å². The Labute approximate surface area is 156 Å². The van der Waals surface area contributed by atoms with Gasteiger partial charge in [-0.05, 0) is 43.0 Å². The lowest BCUT2D eigenvalue weighted by atomic mass is 10.2. The van der Waals surface area contributed by atoms with Crippen molar-refractivity contribution < 1.29 is 14.1 Å². The van der Waals surface area contributed by atoms with Crippen molar-refractivity contribution in [3.63, 3.8) is 0 Å². The van der Waals surface area contributed by atoms with E-state index in [0.29, 0.717) is 24.7 Å². The van der Waals surface area contributed by atoms with Gasteiger partial charge >= 0.3 is 0 Å². The molecule has 0 aliphatic rings. The molecule has 0 spiro atoms. The molecule has 136 valence electrons. The molecule has 26 heavy (non-hydrogen) atoms. The van der Waals surface area contributed by atoms with Crippen molar-refractivity contribution in [3.8, 4) is 11.4 Å². The van der Waals surface area contributed by atoms with Gasteiger partial charge in [-0.25, -0.2) is 0 Å². The van der Waals surface area contributed by atoms with E-state index in [9.17, 15) is 4.79 Å². The summed E-state index contributed by atoms with van der Waals surface area (Å²) in [6.07, 6.45) is 0.846. The first-order chi connectivity index (χ1) is 12.6. The van der Waals surface area contributed by atoms with Gasteiger partial charge in [0.05, 0.1) is 12.7 Å². The van der Waals surface area contributed by atoms with Crippen molar-refractivity contribution in [2.45, 2.75) is 39.4 Å². The number of benzene rings is 1. The lowest BCUT2D eigenvalue weighted by molar-refractivity contribution is -0.116. The van der Waals surface area contributed by atoms with Crippen LogP contribution in [0.1, 0.15) is 31.7 Å². The van der Waals surface area contributed by atoms with Crippen LogP contribution in [-0.4, -0.2) is 22.2 Å². The Hall–Kier alpha value is -2.51. The van der Waals surface area contributed by atoms with Gasteiger partial charge in [-0.2, -0.15) is 16.3 Å². The van der Waals surface area contributed by atoms with Gasteiger partial charge < -0.3 is 14.6 Å². The summed E-state index contributed by atoms with van der Waals surface area (Å²) in [6, 6.07) is 9.59. The minimum atomic E-state index is -0.0952. The summed E-state index contributed by atoms with van der Waals surface area (Å²) >= 11 is 1.57. The molecule has 6 nitrogen and oxygen atoms in total. The minimum absolute atomic E-state index is 0.0952. The lowest BCUT2D eigenvalue weighted by Crippen LogP contribution is -2.12. The molecule has 0 aliphatic carbocycles. The molecule has 1 aromatic carbocycles. The van der Waals surface area contributed by atoms with Gasteiger partial charge in [0, 0.05) is 29.5 Å². The predicted octanol–water partition coefficient (Wildman–Crippen LogP) is 4.29. The van der Waals surface area contributed by atoms with Gasteiger partial charge in [-0.15, -0.1) is 0 Å². The minimum Gasteiger partial charge on any atom is -0.374 e. The molecule has 0 saturated heterocycles. The van der Waals surface area contributed by atoms with E-state index in [1.165, 1.54) is 0 Å². The largest absolute Gasteiger partial charge is 0.374 e. The quantitative estimate of drug-likeness (QED) is 0.639. The highest BCUT2D eigenvalue weighted by molar-refractivity contribution is 7.08. The number of thiophene rings is 1. The summed E-state index contributed by atoms with van der Waals surface area (Å²) in [6.45, 7) is 4.51. The number of carbonyl (C=O) groups excluding carboxylic acids is 1. The zero-order valence-electron chi connectivity index (χ0n) is 14.8. The summed E-state index contributed by atoms with van der Waals surface area (Å²) in [7, 11) is 0. The molecule has 1 N–H and O–H groups in total. The van der Waals surface area contributed by atoms with Crippen LogP contribution in [-0.2, 0) is 22.6 Å². The fraction of sp³-hybridized carbons (Fsp3) is 0.316. The van der Waals surface area contributed by atoms with E-state index in [-0.39, 0.29) is 18.4 Å². The molecule has 1 amide bonds. The first kappa shape index (κ1) is 18.3. The standard InChI is InChI=1S/C19H21N3O3S/c1-13(2)24-11-14-4-3-5-16(10-14)20-17(23)6-7-18-21-19(22-25-18)15-8-9-26-12-15/h3-5,8-10,12-13H,6-7,11H2,1-2H3,(H,20,23). The Kier molecular flexibility index (Phi) is 6.14. The van der Waals surface area contributed by atoms with Gasteiger partial charge in [-0.3, -0.25) is 4.79 Å². The maximum Gasteiger partial charge on any atom is 0.227 e. The lowest BCUT2D eigenvalue weighted by Gasteiger charge is -2.09. The first-order valence-electron chi connectivity index (χ1n) is 8.45. The van der Waals surface area contributed by atoms with E-state index in [2.05, 4.69) is 15.5 Å². The highest BCUT2D eigenvalue weighted by atomic mass is 32.1. The Morgan fingerprint density at radius 1 is 1.35 bits per heavy atom. The molecule has 0 bridgehead atoms. The van der Waals surface area contributed by atoms with Crippen LogP contribution < -0.4 is 5.32 Å². The number of ether oxygens (including phenoxy) is 1. The van der Waals surface area contributed by atoms with Gasteiger partial charge in [0.1, 0.15) is 0 Å². The fourth-order valence-electron chi connectivity index (χ4n) is 2.31. The van der Waals surface area contributed by atoms with Crippen molar-refractivity contribution in [1.29, 1.82) is 0 Å². The van der Waals surface area contributed by atoms with Gasteiger partial charge in [0.25, 0.3) is 0 Å². The molecule has 3 rings (SSSR count). The Morgan fingerprint density at radius 3 is 3.00 bits per heavy atom. The monoisotopic (exact) mass is 371 g/mol. The van der Waals surface area contributed by atoms with Crippen LogP contribution in [0.3, 0.4) is 0 Å². The van der Waals surface area contributed by atoms with Crippen molar-refractivity contribution in [1.82, 2.24) is 10.1 Å². The van der Waals surface area contributed by atoms with Crippen LogP contribution in [0.4, 0.5) is 5.69 Å². The van der Waals surface area contributed by atoms with Crippen molar-refractivity contribution in [3.05, 3.63) is 52.5 Å². The summed E-state index contributed by atoms with van der Waals surface area (Å²) in [5.41, 5.74) is 2.70. The molecule has 0 saturated carbocycles. The second-order valence-corrected chi connectivity index (χ2v) is 6.91. The van der Waals surface area contributed by atoms with Gasteiger partial charge in [0.2, 0.25) is 17.6 Å². The van der Waals surface area contributed by atoms with Crippen LogP contribution >= 0.6 is 11.3 Å². The number of anilines is 1. The van der Waals surface area contributed by atoms with Crippen LogP contribution in [0.15, 0.2) is 45.6 Å². The normalized spacial score (nSPS) is 11.0. The third kappa shape index (κ3) is 5.24. The molecular weight excluding hydrogens is 350 g/mol. The summed E-state index contributed by atoms with van der Waals surface area (Å²) in [5, 5.41) is 10.7. The molecule has 3 aromatic rings. The van der Waals surface area contributed by atoms with E-state index in [0.717, 1.165) is 16.8 Å². The highest BCUT2D eigenvalue weighted by Crippen LogP contribution is 2.19. The van der Waals surface area contributed by atoms with Gasteiger partial charge in [0.15, 0.2) is 0 Å². The molecule has 0 unspecified atom stereocenters. The third-order valence-electron chi connectivity index (χ3n) is 3.61. The summed E-state index contributed by atoms with van der Waals surface area (Å²) in [5.74, 6) is 0.919. The molecule has 2 aromatic heterocycles. The molecule has 7 heteroatoms. The SMILES string of the molecule is CC(C)OCc1cccc(NC(=O)CCc2nc(-c3ccsc3)no2)c1. The van der Waals surface area contributed by atoms with E-state index in [4.69, 9.17) is 9.26 Å². The Bertz CT molecular complexity index is 843. The number of aryl methyl sites for hydroxylation is 1. The fourth-order valence-corrected chi connectivity index (χ4v) is 2.95. The van der Waals surface area contributed by atoms with Crippen LogP contribution in [0.5, 0.6) is 0 Å². The van der Waals surface area contributed by atoms with Crippen molar-refractivity contribution in [2.75, 3.05) is 5.32 Å². The number of hydrogen-bond donors (Lipinski definition) is 1. The number of aromatic nitrogens is 2. The Balaban J connectivity index is 1.50. The molecular formula is C19H21N3O3S. The average Bonchev–Trinajstić information content (AvgIpc) is 3.30. The molecule has 0 fully saturated rings. The van der Waals surface area contributed by atoms with E-state index in [1.54, 1.807) is 11.3 Å². The summed E-state index contributed by atoms with van der Waals surface area (Å²) < 4.78 is 10.8. The molecule has 0 radical (unpaired) electrons. The number of nitrogens with zero attached hydrogens (tertiary/aromatic N) is 2. The van der Waals surface area contributed by atoms with Crippen LogP contribution in [0, 0.1) is 0 Å². The Morgan fingerprint density at radius 2 is 2.23 bits per heavy atom. The van der Waals surface area contributed by atoms with Crippen LogP contribution in [0.2, 0.25) is 0 Å². The number of carbonyl (C=O) groups is 1. The predicted molar refractivity (Wildman–Crippen MR) is 101 cm³/mol. The smallest absolute Gasteiger partial charge is 0.227 e. The molecule has 0 aliphatic heterocycles. The molecule has 2 heterocycles. The maximum atomic E-state index is 12.2. The highest BCUT2D eigenvalue weighted by Gasteiger charge is 2.11.